The zero-order valence-electron chi connectivity index (χ0n) is 7.20. The Labute approximate surface area is 75.9 Å². The average molecular weight is 184 g/mol. The van der Waals surface area contributed by atoms with E-state index in [1.807, 2.05) is 24.4 Å². The highest BCUT2D eigenvalue weighted by Gasteiger charge is 2.33. The molecule has 0 amide bonds. The van der Waals surface area contributed by atoms with E-state index in [0.717, 1.165) is 4.88 Å². The minimum atomic E-state index is -0.743. The van der Waals surface area contributed by atoms with Crippen molar-refractivity contribution in [3.63, 3.8) is 0 Å². The van der Waals surface area contributed by atoms with Gasteiger partial charge in [-0.25, -0.2) is 0 Å². The Bertz CT molecular complexity index is 266. The molecule has 1 atom stereocenters. The average Bonchev–Trinajstić information content (AvgIpc) is 2.54. The summed E-state index contributed by atoms with van der Waals surface area (Å²) in [5.74, 6) is -0.743. The first-order valence-corrected chi connectivity index (χ1v) is 4.76. The summed E-state index contributed by atoms with van der Waals surface area (Å²) in [7, 11) is 0. The van der Waals surface area contributed by atoms with Crippen LogP contribution >= 0.6 is 11.3 Å². The minimum absolute atomic E-state index is 0.628. The van der Waals surface area contributed by atoms with Crippen LogP contribution < -0.4 is 0 Å². The Hall–Kier alpha value is -0.830. The second kappa shape index (κ2) is 3.27. The molecule has 0 aliphatic carbocycles. The van der Waals surface area contributed by atoms with Crippen LogP contribution in [0.5, 0.6) is 0 Å². The predicted octanol–water partition coefficient (Wildman–Crippen LogP) is 2.50. The molecule has 66 valence electrons. The third-order valence-corrected chi connectivity index (χ3v) is 3.38. The summed E-state index contributed by atoms with van der Waals surface area (Å²) in [4.78, 5) is 11.9. The molecule has 0 bridgehead atoms. The van der Waals surface area contributed by atoms with E-state index in [0.29, 0.717) is 6.42 Å². The summed E-state index contributed by atoms with van der Waals surface area (Å²) in [5, 5.41) is 10.9. The van der Waals surface area contributed by atoms with Gasteiger partial charge >= 0.3 is 5.97 Å². The molecule has 0 fully saturated rings. The summed E-state index contributed by atoms with van der Waals surface area (Å²) in [5.41, 5.74) is -0.700. The third kappa shape index (κ3) is 1.37. The highest BCUT2D eigenvalue weighted by atomic mass is 32.1. The van der Waals surface area contributed by atoms with E-state index in [9.17, 15) is 4.79 Å². The summed E-state index contributed by atoms with van der Waals surface area (Å²) in [6.07, 6.45) is 0.628. The molecular weight excluding hydrogens is 172 g/mol. The number of rotatable bonds is 3. The Morgan fingerprint density at radius 3 is 2.75 bits per heavy atom. The topological polar surface area (TPSA) is 37.3 Å². The zero-order valence-corrected chi connectivity index (χ0v) is 8.02. The standard InChI is InChI=1S/C9H12O2S/c1-3-9(2,8(10)11)7-5-4-6-12-7/h4-6H,3H2,1-2H3,(H,10,11)/t9-/m1/s1. The van der Waals surface area contributed by atoms with Crippen LogP contribution in [0.2, 0.25) is 0 Å². The molecule has 2 nitrogen and oxygen atoms in total. The Morgan fingerprint density at radius 1 is 1.75 bits per heavy atom. The SMILES string of the molecule is CC[C@@](C)(C(=O)O)c1cccs1. The van der Waals surface area contributed by atoms with Crippen molar-refractivity contribution in [1.82, 2.24) is 0 Å². The van der Waals surface area contributed by atoms with Crippen LogP contribution in [0.3, 0.4) is 0 Å². The van der Waals surface area contributed by atoms with E-state index in [2.05, 4.69) is 0 Å². The predicted molar refractivity (Wildman–Crippen MR) is 49.6 cm³/mol. The number of thiophene rings is 1. The molecule has 0 aliphatic heterocycles. The Balaban J connectivity index is 3.04. The molecule has 3 heteroatoms. The van der Waals surface area contributed by atoms with Gasteiger partial charge in [-0.05, 0) is 24.8 Å². The molecule has 1 aromatic heterocycles. The number of carbonyl (C=O) groups is 1. The van der Waals surface area contributed by atoms with Crippen LogP contribution in [0.25, 0.3) is 0 Å². The first-order chi connectivity index (χ1) is 5.61. The van der Waals surface area contributed by atoms with Gasteiger partial charge < -0.3 is 5.11 Å². The fourth-order valence-electron chi connectivity index (χ4n) is 1.02. The zero-order chi connectivity index (χ0) is 9.19. The van der Waals surface area contributed by atoms with E-state index >= 15 is 0 Å². The molecule has 0 unspecified atom stereocenters. The normalized spacial score (nSPS) is 15.5. The van der Waals surface area contributed by atoms with Crippen molar-refractivity contribution < 1.29 is 9.90 Å². The van der Waals surface area contributed by atoms with Crippen molar-refractivity contribution >= 4 is 17.3 Å². The fourth-order valence-corrected chi connectivity index (χ4v) is 1.98. The molecule has 0 saturated carbocycles. The molecule has 0 radical (unpaired) electrons. The Kier molecular flexibility index (Phi) is 2.52. The number of hydrogen-bond donors (Lipinski definition) is 1. The van der Waals surface area contributed by atoms with Crippen LogP contribution in [0, 0.1) is 0 Å². The monoisotopic (exact) mass is 184 g/mol. The number of carboxylic acid groups (broad SMARTS) is 1. The summed E-state index contributed by atoms with van der Waals surface area (Å²) in [6.45, 7) is 3.66. The molecule has 0 saturated heterocycles. The minimum Gasteiger partial charge on any atom is -0.481 e. The van der Waals surface area contributed by atoms with Gasteiger partial charge in [0.15, 0.2) is 0 Å². The summed E-state index contributed by atoms with van der Waals surface area (Å²) in [6, 6.07) is 3.76. The van der Waals surface area contributed by atoms with Crippen molar-refractivity contribution in [3.8, 4) is 0 Å². The fraction of sp³-hybridized carbons (Fsp3) is 0.444. The van der Waals surface area contributed by atoms with Gasteiger partial charge in [-0.3, -0.25) is 4.79 Å². The van der Waals surface area contributed by atoms with E-state index in [1.165, 1.54) is 11.3 Å². The number of aliphatic carboxylic acids is 1. The first kappa shape index (κ1) is 9.26. The van der Waals surface area contributed by atoms with Crippen molar-refractivity contribution in [2.24, 2.45) is 0 Å². The quantitative estimate of drug-likeness (QED) is 0.783. The highest BCUT2D eigenvalue weighted by Crippen LogP contribution is 2.31. The van der Waals surface area contributed by atoms with Gasteiger partial charge in [0.05, 0.1) is 5.41 Å². The van der Waals surface area contributed by atoms with Gasteiger partial charge in [-0.1, -0.05) is 13.0 Å². The second-order valence-electron chi connectivity index (χ2n) is 2.97. The number of carboxylic acids is 1. The second-order valence-corrected chi connectivity index (χ2v) is 3.92. The summed E-state index contributed by atoms with van der Waals surface area (Å²) < 4.78 is 0. The van der Waals surface area contributed by atoms with Gasteiger partial charge in [0.2, 0.25) is 0 Å². The van der Waals surface area contributed by atoms with Crippen molar-refractivity contribution in [1.29, 1.82) is 0 Å². The lowest BCUT2D eigenvalue weighted by atomic mass is 9.86. The van der Waals surface area contributed by atoms with E-state index < -0.39 is 11.4 Å². The van der Waals surface area contributed by atoms with Gasteiger partial charge in [-0.2, -0.15) is 0 Å². The van der Waals surface area contributed by atoms with Crippen LogP contribution in [0.15, 0.2) is 17.5 Å². The van der Waals surface area contributed by atoms with Crippen LogP contribution in [-0.2, 0) is 10.2 Å². The smallest absolute Gasteiger partial charge is 0.314 e. The van der Waals surface area contributed by atoms with Gasteiger partial charge in [0.1, 0.15) is 0 Å². The lowest BCUT2D eigenvalue weighted by Crippen LogP contribution is -2.30. The molecule has 1 N–H and O–H groups in total. The maximum absolute atomic E-state index is 11.0. The van der Waals surface area contributed by atoms with Gasteiger partial charge in [0, 0.05) is 4.88 Å². The van der Waals surface area contributed by atoms with Crippen LogP contribution in [0.1, 0.15) is 25.1 Å². The number of hydrogen-bond acceptors (Lipinski definition) is 2. The van der Waals surface area contributed by atoms with E-state index in [-0.39, 0.29) is 0 Å². The first-order valence-electron chi connectivity index (χ1n) is 3.88. The van der Waals surface area contributed by atoms with Crippen LogP contribution in [0.4, 0.5) is 0 Å². The maximum atomic E-state index is 11.0. The third-order valence-electron chi connectivity index (χ3n) is 2.24. The lowest BCUT2D eigenvalue weighted by Gasteiger charge is -2.20. The van der Waals surface area contributed by atoms with Gasteiger partial charge in [-0.15, -0.1) is 11.3 Å². The van der Waals surface area contributed by atoms with Crippen molar-refractivity contribution in [2.45, 2.75) is 25.7 Å². The Morgan fingerprint density at radius 2 is 2.42 bits per heavy atom. The van der Waals surface area contributed by atoms with E-state index in [1.54, 1.807) is 6.92 Å². The molecule has 0 spiro atoms. The molecular formula is C9H12O2S. The molecule has 12 heavy (non-hydrogen) atoms. The van der Waals surface area contributed by atoms with Crippen molar-refractivity contribution in [3.05, 3.63) is 22.4 Å². The maximum Gasteiger partial charge on any atom is 0.314 e. The van der Waals surface area contributed by atoms with Crippen molar-refractivity contribution in [2.75, 3.05) is 0 Å². The largest absolute Gasteiger partial charge is 0.481 e. The van der Waals surface area contributed by atoms with E-state index in [4.69, 9.17) is 5.11 Å². The highest BCUT2D eigenvalue weighted by molar-refractivity contribution is 7.10. The molecule has 0 aliphatic rings. The summed E-state index contributed by atoms with van der Waals surface area (Å²) >= 11 is 1.50. The molecule has 1 heterocycles. The molecule has 1 aromatic rings. The van der Waals surface area contributed by atoms with Gasteiger partial charge in [0.25, 0.3) is 0 Å². The van der Waals surface area contributed by atoms with Crippen LogP contribution in [-0.4, -0.2) is 11.1 Å². The lowest BCUT2D eigenvalue weighted by molar-refractivity contribution is -0.143. The molecule has 1 rings (SSSR count). The molecule has 0 aromatic carbocycles.